The molecular formula is C18H24N4O5. The number of fused-ring (bicyclic) bond motifs is 4. The van der Waals surface area contributed by atoms with Gasteiger partial charge in [-0.3, -0.25) is 14.5 Å². The molecule has 2 bridgehead atoms. The van der Waals surface area contributed by atoms with Gasteiger partial charge in [-0.05, 0) is 26.7 Å². The molecule has 2 atom stereocenters. The molecule has 0 aromatic carbocycles. The van der Waals surface area contributed by atoms with E-state index in [2.05, 4.69) is 5.16 Å². The lowest BCUT2D eigenvalue weighted by Crippen LogP contribution is -2.48. The van der Waals surface area contributed by atoms with Crippen LogP contribution in [0, 0.1) is 19.8 Å². The molecule has 146 valence electrons. The summed E-state index contributed by atoms with van der Waals surface area (Å²) in [7, 11) is 0. The van der Waals surface area contributed by atoms with E-state index >= 15 is 0 Å². The van der Waals surface area contributed by atoms with Gasteiger partial charge in [0.15, 0.2) is 0 Å². The van der Waals surface area contributed by atoms with Crippen molar-refractivity contribution in [3.8, 4) is 0 Å². The average Bonchev–Trinajstić information content (AvgIpc) is 3.04. The van der Waals surface area contributed by atoms with Crippen LogP contribution in [0.2, 0.25) is 0 Å². The molecule has 4 aliphatic heterocycles. The van der Waals surface area contributed by atoms with E-state index in [-0.39, 0.29) is 30.3 Å². The summed E-state index contributed by atoms with van der Waals surface area (Å²) in [6.45, 7) is 5.85. The van der Waals surface area contributed by atoms with Crippen molar-refractivity contribution in [3.05, 3.63) is 17.0 Å². The maximum atomic E-state index is 13.0. The lowest BCUT2D eigenvalue weighted by atomic mass is 9.93. The molecule has 0 unspecified atom stereocenters. The predicted molar refractivity (Wildman–Crippen MR) is 92.5 cm³/mol. The summed E-state index contributed by atoms with van der Waals surface area (Å²) in [4.78, 5) is 42.3. The van der Waals surface area contributed by atoms with Gasteiger partial charge >= 0.3 is 6.09 Å². The molecule has 4 saturated heterocycles. The SMILES string of the molecule is Cc1noc(C)c1CN1C(=O)[C@H]2CC[C@@H]1CN(C(=O)CN1CCOC1=O)C2. The predicted octanol–water partition coefficient (Wildman–Crippen LogP) is 0.693. The number of aryl methyl sites for hydroxylation is 2. The zero-order chi connectivity index (χ0) is 19.1. The molecular weight excluding hydrogens is 352 g/mol. The molecule has 9 heteroatoms. The van der Waals surface area contributed by atoms with E-state index in [1.54, 1.807) is 4.90 Å². The topological polar surface area (TPSA) is 96.2 Å². The van der Waals surface area contributed by atoms with Crippen molar-refractivity contribution in [1.29, 1.82) is 0 Å². The van der Waals surface area contributed by atoms with Crippen molar-refractivity contribution in [2.75, 3.05) is 32.8 Å². The van der Waals surface area contributed by atoms with Gasteiger partial charge < -0.3 is 19.1 Å². The highest BCUT2D eigenvalue weighted by Gasteiger charge is 2.42. The molecule has 5 heterocycles. The minimum atomic E-state index is -0.447. The molecule has 0 spiro atoms. The third kappa shape index (κ3) is 3.26. The van der Waals surface area contributed by atoms with Gasteiger partial charge in [0.25, 0.3) is 0 Å². The second kappa shape index (κ2) is 6.86. The number of carbonyl (C=O) groups excluding carboxylic acids is 3. The zero-order valence-corrected chi connectivity index (χ0v) is 15.6. The highest BCUT2D eigenvalue weighted by molar-refractivity contribution is 5.85. The van der Waals surface area contributed by atoms with E-state index in [9.17, 15) is 14.4 Å². The first kappa shape index (κ1) is 17.8. The number of carbonyl (C=O) groups is 3. The molecule has 4 fully saturated rings. The van der Waals surface area contributed by atoms with E-state index in [4.69, 9.17) is 9.26 Å². The molecule has 0 aliphatic carbocycles. The first-order valence-electron chi connectivity index (χ1n) is 9.35. The third-order valence-corrected chi connectivity index (χ3v) is 5.83. The number of aromatic nitrogens is 1. The minimum Gasteiger partial charge on any atom is -0.448 e. The lowest BCUT2D eigenvalue weighted by molar-refractivity contribution is -0.140. The highest BCUT2D eigenvalue weighted by atomic mass is 16.6. The van der Waals surface area contributed by atoms with Gasteiger partial charge in [0.2, 0.25) is 11.8 Å². The van der Waals surface area contributed by atoms with E-state index < -0.39 is 6.09 Å². The van der Waals surface area contributed by atoms with Crippen LogP contribution < -0.4 is 0 Å². The van der Waals surface area contributed by atoms with Crippen LogP contribution in [0.25, 0.3) is 0 Å². The quantitative estimate of drug-likeness (QED) is 0.767. The smallest absolute Gasteiger partial charge is 0.410 e. The van der Waals surface area contributed by atoms with Gasteiger partial charge in [-0.2, -0.15) is 0 Å². The summed E-state index contributed by atoms with van der Waals surface area (Å²) in [6.07, 6.45) is 1.21. The molecule has 5 rings (SSSR count). The molecule has 9 nitrogen and oxygen atoms in total. The Kier molecular flexibility index (Phi) is 4.53. The van der Waals surface area contributed by atoms with Gasteiger partial charge in [0.1, 0.15) is 18.9 Å². The van der Waals surface area contributed by atoms with Gasteiger partial charge in [-0.1, -0.05) is 5.16 Å². The normalized spacial score (nSPS) is 25.2. The Morgan fingerprint density at radius 2 is 2.04 bits per heavy atom. The third-order valence-electron chi connectivity index (χ3n) is 5.83. The van der Waals surface area contributed by atoms with Crippen LogP contribution in [0.15, 0.2) is 4.52 Å². The Morgan fingerprint density at radius 3 is 2.70 bits per heavy atom. The van der Waals surface area contributed by atoms with Crippen molar-refractivity contribution in [2.45, 2.75) is 39.3 Å². The van der Waals surface area contributed by atoms with Crippen molar-refractivity contribution in [2.24, 2.45) is 5.92 Å². The van der Waals surface area contributed by atoms with E-state index in [1.807, 2.05) is 18.7 Å². The number of piperidine rings is 1. The first-order chi connectivity index (χ1) is 12.9. The molecule has 27 heavy (non-hydrogen) atoms. The van der Waals surface area contributed by atoms with E-state index in [0.29, 0.717) is 32.8 Å². The van der Waals surface area contributed by atoms with Crippen LogP contribution in [0.4, 0.5) is 4.79 Å². The van der Waals surface area contributed by atoms with E-state index in [1.165, 1.54) is 4.90 Å². The van der Waals surface area contributed by atoms with Crippen molar-refractivity contribution < 1.29 is 23.6 Å². The van der Waals surface area contributed by atoms with Gasteiger partial charge in [0.05, 0.1) is 24.7 Å². The summed E-state index contributed by atoms with van der Waals surface area (Å²) in [5, 5.41) is 3.97. The van der Waals surface area contributed by atoms with Crippen molar-refractivity contribution >= 4 is 17.9 Å². The summed E-state index contributed by atoms with van der Waals surface area (Å²) in [5.41, 5.74) is 1.73. The maximum absolute atomic E-state index is 13.0. The van der Waals surface area contributed by atoms with Gasteiger partial charge in [0, 0.05) is 24.7 Å². The molecule has 0 N–H and O–H groups in total. The number of rotatable bonds is 4. The maximum Gasteiger partial charge on any atom is 0.410 e. The van der Waals surface area contributed by atoms with E-state index in [0.717, 1.165) is 29.9 Å². The second-order valence-electron chi connectivity index (χ2n) is 7.53. The Balaban J connectivity index is 1.48. The molecule has 0 radical (unpaired) electrons. The Morgan fingerprint density at radius 1 is 1.22 bits per heavy atom. The molecule has 0 saturated carbocycles. The number of hydrogen-bond donors (Lipinski definition) is 0. The second-order valence-corrected chi connectivity index (χ2v) is 7.53. The number of amides is 3. The fourth-order valence-corrected chi connectivity index (χ4v) is 4.18. The molecule has 4 aliphatic rings. The minimum absolute atomic E-state index is 0.0102. The number of hydrogen-bond acceptors (Lipinski definition) is 6. The molecule has 1 aromatic heterocycles. The molecule has 1 aromatic rings. The highest BCUT2D eigenvalue weighted by Crippen LogP contribution is 2.31. The van der Waals surface area contributed by atoms with Gasteiger partial charge in [-0.15, -0.1) is 0 Å². The van der Waals surface area contributed by atoms with Crippen LogP contribution in [0.5, 0.6) is 0 Å². The Labute approximate surface area is 157 Å². The summed E-state index contributed by atoms with van der Waals surface area (Å²) in [6, 6.07) is -0.0283. The van der Waals surface area contributed by atoms with Crippen LogP contribution >= 0.6 is 0 Å². The summed E-state index contributed by atoms with van der Waals surface area (Å²) < 4.78 is 10.1. The van der Waals surface area contributed by atoms with Crippen LogP contribution in [0.1, 0.15) is 29.9 Å². The fraction of sp³-hybridized carbons (Fsp3) is 0.667. The Bertz CT molecular complexity index is 756. The van der Waals surface area contributed by atoms with Gasteiger partial charge in [-0.25, -0.2) is 4.79 Å². The van der Waals surface area contributed by atoms with Crippen LogP contribution in [0.3, 0.4) is 0 Å². The fourth-order valence-electron chi connectivity index (χ4n) is 4.18. The number of nitrogens with zero attached hydrogens (tertiary/aromatic N) is 4. The number of ether oxygens (including phenoxy) is 1. The van der Waals surface area contributed by atoms with Crippen molar-refractivity contribution in [1.82, 2.24) is 19.9 Å². The van der Waals surface area contributed by atoms with Crippen molar-refractivity contribution in [3.63, 3.8) is 0 Å². The summed E-state index contributed by atoms with van der Waals surface area (Å²) in [5.74, 6) is 0.486. The average molecular weight is 376 g/mol. The largest absolute Gasteiger partial charge is 0.448 e. The first-order valence-corrected chi connectivity index (χ1v) is 9.35. The Hall–Kier alpha value is -2.58. The van der Waals surface area contributed by atoms with Crippen LogP contribution in [-0.2, 0) is 20.9 Å². The zero-order valence-electron chi connectivity index (χ0n) is 15.6. The van der Waals surface area contributed by atoms with Crippen LogP contribution in [-0.4, -0.2) is 76.6 Å². The molecule has 3 amide bonds. The summed E-state index contributed by atoms with van der Waals surface area (Å²) >= 11 is 0. The standard InChI is InChI=1S/C18H24N4O5/c1-11-15(12(2)27-19-11)9-22-14-4-3-13(17(22)24)7-21(8-14)16(23)10-20-5-6-26-18(20)25/h13-14H,3-10H2,1-2H3/t13-,14+/m0/s1. The number of cyclic esters (lactones) is 1. The lowest BCUT2D eigenvalue weighted by Gasteiger charge is -2.35. The monoisotopic (exact) mass is 376 g/mol.